The molecule has 110 valence electrons. The van der Waals surface area contributed by atoms with Crippen molar-refractivity contribution < 1.29 is 0 Å². The number of fused-ring (bicyclic) bond motifs is 1. The number of rotatable bonds is 1. The standard InChI is InChI=1S/C15H15Cl2N3S/c1-18-15(21)20-8-7-19-6-2-3-13(19)14(20)11-5-4-10(16)9-12(11)17/h2-6,9,14H,7-8H2,1H3,(H,18,21)/t14-/m0/s1. The number of nitrogens with one attached hydrogen (secondary N) is 1. The number of nitrogens with zero attached hydrogens (tertiary/aromatic N) is 2. The minimum atomic E-state index is -0.00142. The summed E-state index contributed by atoms with van der Waals surface area (Å²) < 4.78 is 2.24. The fraction of sp³-hybridized carbons (Fsp3) is 0.267. The van der Waals surface area contributed by atoms with Crippen LogP contribution in [-0.2, 0) is 6.54 Å². The van der Waals surface area contributed by atoms with Gasteiger partial charge in [0.25, 0.3) is 0 Å². The van der Waals surface area contributed by atoms with Crippen LogP contribution in [0, 0.1) is 0 Å². The topological polar surface area (TPSA) is 20.2 Å². The van der Waals surface area contributed by atoms with E-state index >= 15 is 0 Å². The van der Waals surface area contributed by atoms with Crippen LogP contribution in [0.15, 0.2) is 36.5 Å². The summed E-state index contributed by atoms with van der Waals surface area (Å²) in [5, 5.41) is 5.08. The molecule has 0 aliphatic carbocycles. The zero-order chi connectivity index (χ0) is 15.0. The van der Waals surface area contributed by atoms with Gasteiger partial charge in [0.2, 0.25) is 0 Å². The molecule has 1 aliphatic rings. The van der Waals surface area contributed by atoms with Crippen molar-refractivity contribution in [2.45, 2.75) is 12.6 Å². The summed E-state index contributed by atoms with van der Waals surface area (Å²) in [6, 6.07) is 9.78. The molecule has 1 aromatic carbocycles. The number of halogens is 2. The molecule has 0 bridgehead atoms. The maximum atomic E-state index is 6.43. The van der Waals surface area contributed by atoms with E-state index in [4.69, 9.17) is 35.4 Å². The molecule has 1 atom stereocenters. The van der Waals surface area contributed by atoms with Gasteiger partial charge in [-0.1, -0.05) is 29.3 Å². The Morgan fingerprint density at radius 1 is 1.29 bits per heavy atom. The lowest BCUT2D eigenvalue weighted by Gasteiger charge is -2.39. The Labute approximate surface area is 139 Å². The van der Waals surface area contributed by atoms with Crippen LogP contribution in [0.3, 0.4) is 0 Å². The van der Waals surface area contributed by atoms with E-state index in [1.807, 2.05) is 19.2 Å². The maximum Gasteiger partial charge on any atom is 0.169 e. The monoisotopic (exact) mass is 339 g/mol. The molecule has 3 nitrogen and oxygen atoms in total. The molecule has 6 heteroatoms. The molecule has 0 radical (unpaired) electrons. The van der Waals surface area contributed by atoms with Gasteiger partial charge in [-0.05, 0) is 42.0 Å². The number of thiocarbonyl (C=S) groups is 1. The summed E-state index contributed by atoms with van der Waals surface area (Å²) in [6.07, 6.45) is 2.09. The molecule has 0 spiro atoms. The average molecular weight is 340 g/mol. The lowest BCUT2D eigenvalue weighted by molar-refractivity contribution is 0.287. The lowest BCUT2D eigenvalue weighted by Crippen LogP contribution is -2.46. The zero-order valence-corrected chi connectivity index (χ0v) is 13.8. The third-order valence-corrected chi connectivity index (χ3v) is 4.77. The first-order chi connectivity index (χ1) is 10.1. The molecule has 2 aromatic rings. The highest BCUT2D eigenvalue weighted by Crippen LogP contribution is 2.37. The number of benzene rings is 1. The Bertz CT molecular complexity index is 683. The van der Waals surface area contributed by atoms with Gasteiger partial charge in [-0.3, -0.25) is 0 Å². The van der Waals surface area contributed by atoms with Gasteiger partial charge in [0, 0.05) is 42.1 Å². The largest absolute Gasteiger partial charge is 0.366 e. The normalized spacial score (nSPS) is 17.5. The predicted octanol–water partition coefficient (Wildman–Crippen LogP) is 3.70. The van der Waals surface area contributed by atoms with Crippen molar-refractivity contribution in [1.29, 1.82) is 0 Å². The first-order valence-corrected chi connectivity index (χ1v) is 7.86. The maximum absolute atomic E-state index is 6.43. The Balaban J connectivity index is 2.12. The van der Waals surface area contributed by atoms with Crippen molar-refractivity contribution in [1.82, 2.24) is 14.8 Å². The van der Waals surface area contributed by atoms with Crippen molar-refractivity contribution in [3.63, 3.8) is 0 Å². The Hall–Kier alpha value is -1.23. The highest BCUT2D eigenvalue weighted by atomic mass is 35.5. The van der Waals surface area contributed by atoms with Crippen molar-refractivity contribution in [2.75, 3.05) is 13.6 Å². The Kier molecular flexibility index (Phi) is 4.11. The van der Waals surface area contributed by atoms with Crippen LogP contribution in [0.25, 0.3) is 0 Å². The number of hydrogen-bond acceptors (Lipinski definition) is 1. The van der Waals surface area contributed by atoms with Crippen LogP contribution in [0.5, 0.6) is 0 Å². The molecule has 0 unspecified atom stereocenters. The van der Waals surface area contributed by atoms with E-state index in [9.17, 15) is 0 Å². The smallest absolute Gasteiger partial charge is 0.169 e. The summed E-state index contributed by atoms with van der Waals surface area (Å²) in [5.74, 6) is 0. The highest BCUT2D eigenvalue weighted by Gasteiger charge is 2.31. The second-order valence-electron chi connectivity index (χ2n) is 4.94. The van der Waals surface area contributed by atoms with Crippen LogP contribution < -0.4 is 5.32 Å². The van der Waals surface area contributed by atoms with Gasteiger partial charge < -0.3 is 14.8 Å². The van der Waals surface area contributed by atoms with Crippen molar-refractivity contribution in [3.8, 4) is 0 Å². The van der Waals surface area contributed by atoms with Gasteiger partial charge in [-0.25, -0.2) is 0 Å². The molecule has 1 N–H and O–H groups in total. The summed E-state index contributed by atoms with van der Waals surface area (Å²) in [5.41, 5.74) is 2.20. The van der Waals surface area contributed by atoms with E-state index < -0.39 is 0 Å². The molecule has 1 aromatic heterocycles. The van der Waals surface area contributed by atoms with E-state index in [0.29, 0.717) is 10.0 Å². The first kappa shape index (κ1) is 14.7. The van der Waals surface area contributed by atoms with Crippen LogP contribution in [0.1, 0.15) is 17.3 Å². The predicted molar refractivity (Wildman–Crippen MR) is 91.1 cm³/mol. The van der Waals surface area contributed by atoms with Crippen LogP contribution >= 0.6 is 35.4 Å². The minimum absolute atomic E-state index is 0.00142. The quantitative estimate of drug-likeness (QED) is 0.800. The summed E-state index contributed by atoms with van der Waals surface area (Å²) >= 11 is 17.9. The van der Waals surface area contributed by atoms with E-state index in [0.717, 1.165) is 23.8 Å². The van der Waals surface area contributed by atoms with Crippen molar-refractivity contribution in [3.05, 3.63) is 57.8 Å². The van der Waals surface area contributed by atoms with Crippen molar-refractivity contribution >= 4 is 40.5 Å². The second-order valence-corrected chi connectivity index (χ2v) is 6.17. The fourth-order valence-electron chi connectivity index (χ4n) is 2.80. The molecule has 3 rings (SSSR count). The average Bonchev–Trinajstić information content (AvgIpc) is 2.94. The summed E-state index contributed by atoms with van der Waals surface area (Å²) in [4.78, 5) is 2.17. The van der Waals surface area contributed by atoms with Gasteiger partial charge in [0.1, 0.15) is 0 Å². The molecule has 0 saturated carbocycles. The third-order valence-electron chi connectivity index (χ3n) is 3.77. The zero-order valence-electron chi connectivity index (χ0n) is 11.5. The van der Waals surface area contributed by atoms with Gasteiger partial charge in [0.05, 0.1) is 6.04 Å². The van der Waals surface area contributed by atoms with Gasteiger partial charge in [-0.15, -0.1) is 0 Å². The van der Waals surface area contributed by atoms with Crippen molar-refractivity contribution in [2.24, 2.45) is 0 Å². The van der Waals surface area contributed by atoms with Crippen LogP contribution in [0.2, 0.25) is 10.0 Å². The molecular formula is C15H15Cl2N3S. The van der Waals surface area contributed by atoms with Crippen LogP contribution in [0.4, 0.5) is 0 Å². The molecule has 0 saturated heterocycles. The highest BCUT2D eigenvalue weighted by molar-refractivity contribution is 7.80. The molecule has 0 amide bonds. The second kappa shape index (κ2) is 5.87. The summed E-state index contributed by atoms with van der Waals surface area (Å²) in [7, 11) is 1.84. The Morgan fingerprint density at radius 2 is 2.10 bits per heavy atom. The number of aromatic nitrogens is 1. The molecule has 2 heterocycles. The minimum Gasteiger partial charge on any atom is -0.366 e. The Morgan fingerprint density at radius 3 is 2.81 bits per heavy atom. The summed E-state index contributed by atoms with van der Waals surface area (Å²) in [6.45, 7) is 1.75. The SMILES string of the molecule is CNC(=S)N1CCn2cccc2[C@@H]1c1ccc(Cl)cc1Cl. The first-order valence-electron chi connectivity index (χ1n) is 6.70. The molecule has 21 heavy (non-hydrogen) atoms. The lowest BCUT2D eigenvalue weighted by atomic mass is 10.0. The van der Waals surface area contributed by atoms with E-state index in [1.165, 1.54) is 5.69 Å². The van der Waals surface area contributed by atoms with Crippen LogP contribution in [-0.4, -0.2) is 28.2 Å². The molecule has 1 aliphatic heterocycles. The van der Waals surface area contributed by atoms with Gasteiger partial charge >= 0.3 is 0 Å². The fourth-order valence-corrected chi connectivity index (χ4v) is 3.50. The van der Waals surface area contributed by atoms with E-state index in [1.54, 1.807) is 6.07 Å². The van der Waals surface area contributed by atoms with Gasteiger partial charge in [0.15, 0.2) is 5.11 Å². The molecular weight excluding hydrogens is 325 g/mol. The third kappa shape index (κ3) is 2.63. The molecule has 0 fully saturated rings. The van der Waals surface area contributed by atoms with E-state index in [-0.39, 0.29) is 6.04 Å². The van der Waals surface area contributed by atoms with E-state index in [2.05, 4.69) is 33.1 Å². The number of hydrogen-bond donors (Lipinski definition) is 1. The van der Waals surface area contributed by atoms with Gasteiger partial charge in [-0.2, -0.15) is 0 Å².